The Labute approximate surface area is 108 Å². The van der Waals surface area contributed by atoms with Crippen LogP contribution >= 0.6 is 23.2 Å². The van der Waals surface area contributed by atoms with Crippen molar-refractivity contribution in [3.05, 3.63) is 33.8 Å². The summed E-state index contributed by atoms with van der Waals surface area (Å²) in [4.78, 5) is 2.20. The Balaban J connectivity index is 2.97. The van der Waals surface area contributed by atoms with Gasteiger partial charge in [-0.3, -0.25) is 0 Å². The van der Waals surface area contributed by atoms with Crippen molar-refractivity contribution in [1.82, 2.24) is 4.90 Å². The van der Waals surface area contributed by atoms with Crippen molar-refractivity contribution >= 4 is 23.2 Å². The maximum atomic E-state index is 6.05. The lowest BCUT2D eigenvalue weighted by Gasteiger charge is -2.25. The predicted octanol–water partition coefficient (Wildman–Crippen LogP) is 4.29. The lowest BCUT2D eigenvalue weighted by atomic mass is 9.88. The Bertz CT molecular complexity index is 348. The van der Waals surface area contributed by atoms with Crippen LogP contribution in [0.25, 0.3) is 0 Å². The highest BCUT2D eigenvalue weighted by Crippen LogP contribution is 2.30. The molecule has 0 spiro atoms. The quantitative estimate of drug-likeness (QED) is 0.780. The third kappa shape index (κ3) is 3.65. The van der Waals surface area contributed by atoms with Gasteiger partial charge in [-0.05, 0) is 43.6 Å². The molecule has 1 rings (SSSR count). The average Bonchev–Trinajstić information content (AvgIpc) is 2.18. The molecule has 0 aliphatic carbocycles. The lowest BCUT2D eigenvalue weighted by Crippen LogP contribution is -2.23. The molecule has 3 heteroatoms. The molecule has 16 heavy (non-hydrogen) atoms. The van der Waals surface area contributed by atoms with E-state index < -0.39 is 0 Å². The summed E-state index contributed by atoms with van der Waals surface area (Å²) < 4.78 is 0. The van der Waals surface area contributed by atoms with Crippen LogP contribution in [0.15, 0.2) is 18.2 Å². The van der Waals surface area contributed by atoms with Gasteiger partial charge in [-0.25, -0.2) is 0 Å². The van der Waals surface area contributed by atoms with E-state index in [1.165, 1.54) is 5.56 Å². The maximum Gasteiger partial charge on any atom is 0.0595 e. The highest BCUT2D eigenvalue weighted by molar-refractivity contribution is 6.42. The van der Waals surface area contributed by atoms with Crippen LogP contribution in [-0.2, 0) is 0 Å². The van der Waals surface area contributed by atoms with E-state index in [9.17, 15) is 0 Å². The Kier molecular flexibility index (Phi) is 5.10. The summed E-state index contributed by atoms with van der Waals surface area (Å²) in [5.41, 5.74) is 1.26. The van der Waals surface area contributed by atoms with E-state index >= 15 is 0 Å². The van der Waals surface area contributed by atoms with Crippen LogP contribution in [0, 0.1) is 5.92 Å². The van der Waals surface area contributed by atoms with Crippen molar-refractivity contribution < 1.29 is 0 Å². The molecule has 1 aromatic carbocycles. The van der Waals surface area contributed by atoms with Crippen LogP contribution < -0.4 is 0 Å². The highest BCUT2D eigenvalue weighted by Gasteiger charge is 2.17. The minimum absolute atomic E-state index is 0.491. The van der Waals surface area contributed by atoms with Gasteiger partial charge in [-0.2, -0.15) is 0 Å². The van der Waals surface area contributed by atoms with Gasteiger partial charge in [0.15, 0.2) is 0 Å². The second-order valence-electron chi connectivity index (χ2n) is 4.79. The second-order valence-corrected chi connectivity index (χ2v) is 5.60. The largest absolute Gasteiger partial charge is 0.309 e. The Hall–Kier alpha value is -0.240. The SMILES string of the molecule is CC(C)[C@H](CN(C)C)c1ccc(Cl)c(Cl)c1. The van der Waals surface area contributed by atoms with Crippen LogP contribution in [0.3, 0.4) is 0 Å². The summed E-state index contributed by atoms with van der Waals surface area (Å²) in [7, 11) is 4.18. The van der Waals surface area contributed by atoms with Crippen LogP contribution in [0.2, 0.25) is 10.0 Å². The number of likely N-dealkylation sites (N-methyl/N-ethyl adjacent to an activating group) is 1. The molecule has 0 aliphatic heterocycles. The summed E-state index contributed by atoms with van der Waals surface area (Å²) in [6, 6.07) is 5.94. The molecule has 0 bridgehead atoms. The molecule has 1 aromatic rings. The molecule has 0 fully saturated rings. The monoisotopic (exact) mass is 259 g/mol. The van der Waals surface area contributed by atoms with Crippen molar-refractivity contribution in [3.8, 4) is 0 Å². The Morgan fingerprint density at radius 2 is 1.75 bits per heavy atom. The third-order valence-corrected chi connectivity index (χ3v) is 3.48. The van der Waals surface area contributed by atoms with Gasteiger partial charge >= 0.3 is 0 Å². The maximum absolute atomic E-state index is 6.05. The van der Waals surface area contributed by atoms with Crippen LogP contribution in [0.4, 0.5) is 0 Å². The van der Waals surface area contributed by atoms with Gasteiger partial charge in [0, 0.05) is 6.54 Å². The molecule has 0 N–H and O–H groups in total. The van der Waals surface area contributed by atoms with Gasteiger partial charge in [0.05, 0.1) is 10.0 Å². The first-order valence-electron chi connectivity index (χ1n) is 5.51. The molecular weight excluding hydrogens is 241 g/mol. The summed E-state index contributed by atoms with van der Waals surface area (Å²) in [6.07, 6.45) is 0. The first kappa shape index (κ1) is 13.8. The fraction of sp³-hybridized carbons (Fsp3) is 0.538. The van der Waals surface area contributed by atoms with E-state index in [0.29, 0.717) is 21.9 Å². The van der Waals surface area contributed by atoms with E-state index in [1.807, 2.05) is 12.1 Å². The molecule has 1 atom stereocenters. The van der Waals surface area contributed by atoms with Crippen molar-refractivity contribution in [2.75, 3.05) is 20.6 Å². The predicted molar refractivity (Wildman–Crippen MR) is 72.6 cm³/mol. The van der Waals surface area contributed by atoms with Gasteiger partial charge in [0.1, 0.15) is 0 Å². The number of nitrogens with zero attached hydrogens (tertiary/aromatic N) is 1. The van der Waals surface area contributed by atoms with E-state index in [4.69, 9.17) is 23.2 Å². The Morgan fingerprint density at radius 1 is 1.12 bits per heavy atom. The molecule has 0 saturated carbocycles. The Morgan fingerprint density at radius 3 is 2.19 bits per heavy atom. The molecule has 1 nitrogen and oxygen atoms in total. The average molecular weight is 260 g/mol. The highest BCUT2D eigenvalue weighted by atomic mass is 35.5. The lowest BCUT2D eigenvalue weighted by molar-refractivity contribution is 0.330. The van der Waals surface area contributed by atoms with Crippen molar-refractivity contribution in [3.63, 3.8) is 0 Å². The van der Waals surface area contributed by atoms with E-state index in [-0.39, 0.29) is 0 Å². The third-order valence-electron chi connectivity index (χ3n) is 2.74. The number of halogens is 2. The normalized spacial score (nSPS) is 13.5. The van der Waals surface area contributed by atoms with E-state index in [0.717, 1.165) is 6.54 Å². The molecule has 0 saturated heterocycles. The smallest absolute Gasteiger partial charge is 0.0595 e. The zero-order chi connectivity index (χ0) is 12.3. The molecular formula is C13H19Cl2N. The van der Waals surface area contributed by atoms with Crippen LogP contribution in [0.5, 0.6) is 0 Å². The van der Waals surface area contributed by atoms with E-state index in [2.05, 4.69) is 38.9 Å². The van der Waals surface area contributed by atoms with Gasteiger partial charge in [0.25, 0.3) is 0 Å². The fourth-order valence-corrected chi connectivity index (χ4v) is 2.14. The zero-order valence-corrected chi connectivity index (χ0v) is 11.8. The zero-order valence-electron chi connectivity index (χ0n) is 10.3. The summed E-state index contributed by atoms with van der Waals surface area (Å²) >= 11 is 12.0. The van der Waals surface area contributed by atoms with Crippen molar-refractivity contribution in [2.45, 2.75) is 19.8 Å². The molecule has 0 radical (unpaired) electrons. The molecule has 90 valence electrons. The van der Waals surface area contributed by atoms with Crippen molar-refractivity contribution in [1.29, 1.82) is 0 Å². The molecule has 0 unspecified atom stereocenters. The first-order chi connectivity index (χ1) is 7.41. The number of benzene rings is 1. The van der Waals surface area contributed by atoms with Gasteiger partial charge in [-0.1, -0.05) is 43.1 Å². The van der Waals surface area contributed by atoms with Gasteiger partial charge in [-0.15, -0.1) is 0 Å². The summed E-state index contributed by atoms with van der Waals surface area (Å²) in [5.74, 6) is 1.07. The summed E-state index contributed by atoms with van der Waals surface area (Å²) in [5, 5.41) is 1.27. The number of hydrogen-bond donors (Lipinski definition) is 0. The molecule has 0 heterocycles. The fourth-order valence-electron chi connectivity index (χ4n) is 1.84. The van der Waals surface area contributed by atoms with Gasteiger partial charge in [0.2, 0.25) is 0 Å². The minimum atomic E-state index is 0.491. The van der Waals surface area contributed by atoms with Crippen LogP contribution in [-0.4, -0.2) is 25.5 Å². The molecule has 0 aromatic heterocycles. The second kappa shape index (κ2) is 5.90. The van der Waals surface area contributed by atoms with Crippen LogP contribution in [0.1, 0.15) is 25.3 Å². The van der Waals surface area contributed by atoms with Crippen molar-refractivity contribution in [2.24, 2.45) is 5.92 Å². The topological polar surface area (TPSA) is 3.24 Å². The summed E-state index contributed by atoms with van der Waals surface area (Å²) in [6.45, 7) is 5.49. The number of rotatable bonds is 4. The molecule has 0 aliphatic rings. The number of hydrogen-bond acceptors (Lipinski definition) is 1. The molecule has 0 amide bonds. The minimum Gasteiger partial charge on any atom is -0.309 e. The van der Waals surface area contributed by atoms with E-state index in [1.54, 1.807) is 0 Å². The first-order valence-corrected chi connectivity index (χ1v) is 6.27. The standard InChI is InChI=1S/C13H19Cl2N/c1-9(2)11(8-16(3)4)10-5-6-12(14)13(15)7-10/h5-7,9,11H,8H2,1-4H3/t11-/m0/s1. The van der Waals surface area contributed by atoms with Gasteiger partial charge < -0.3 is 4.90 Å².